The number of hydrogen-bond acceptors (Lipinski definition) is 2. The number of rotatable bonds is 5. The topological polar surface area (TPSA) is 29.1 Å². The minimum atomic E-state index is -0.0778. The van der Waals surface area contributed by atoms with E-state index in [0.29, 0.717) is 4.91 Å². The van der Waals surface area contributed by atoms with Crippen molar-refractivity contribution >= 4 is 29.3 Å². The van der Waals surface area contributed by atoms with Crippen molar-refractivity contribution in [3.05, 3.63) is 10.4 Å². The monoisotopic (exact) mass is 207 g/mol. The van der Waals surface area contributed by atoms with Crippen LogP contribution in [0.2, 0.25) is 0 Å². The molecular formula is C8H14ClNOS. The number of carbonyl (C=O) groups excluding carboxylic acids is 1. The van der Waals surface area contributed by atoms with Gasteiger partial charge >= 0.3 is 0 Å². The van der Waals surface area contributed by atoms with Crippen molar-refractivity contribution < 1.29 is 4.79 Å². The van der Waals surface area contributed by atoms with Gasteiger partial charge in [0.05, 0.1) is 4.91 Å². The van der Waals surface area contributed by atoms with Crippen LogP contribution in [0, 0.1) is 0 Å². The zero-order valence-electron chi connectivity index (χ0n) is 7.39. The highest BCUT2D eigenvalue weighted by Gasteiger charge is 2.05. The Morgan fingerprint density at radius 3 is 2.75 bits per heavy atom. The molecule has 0 aromatic carbocycles. The fraction of sp³-hybridized carbons (Fsp3) is 0.625. The Labute approximate surface area is 82.7 Å². The van der Waals surface area contributed by atoms with Crippen molar-refractivity contribution in [2.45, 2.75) is 19.8 Å². The van der Waals surface area contributed by atoms with Crippen LogP contribution < -0.4 is 5.32 Å². The predicted octanol–water partition coefficient (Wildman–Crippen LogP) is 2.35. The molecular weight excluding hydrogens is 194 g/mol. The summed E-state index contributed by atoms with van der Waals surface area (Å²) in [6.45, 7) is 2.81. The lowest BCUT2D eigenvalue weighted by Gasteiger charge is -2.03. The van der Waals surface area contributed by atoms with E-state index in [1.54, 1.807) is 0 Å². The number of hydrogen-bond donors (Lipinski definition) is 1. The molecule has 0 aliphatic carbocycles. The first-order valence-corrected chi connectivity index (χ1v) is 5.55. The molecule has 1 N–H and O–H groups in total. The molecule has 0 aromatic rings. The van der Waals surface area contributed by atoms with E-state index in [0.717, 1.165) is 19.4 Å². The fourth-order valence-corrected chi connectivity index (χ4v) is 1.37. The molecule has 0 saturated carbocycles. The molecule has 0 aliphatic heterocycles. The molecule has 0 bridgehead atoms. The lowest BCUT2D eigenvalue weighted by molar-refractivity contribution is -0.116. The molecule has 0 unspecified atom stereocenters. The van der Waals surface area contributed by atoms with E-state index in [1.165, 1.54) is 17.3 Å². The van der Waals surface area contributed by atoms with Gasteiger partial charge in [0.2, 0.25) is 0 Å². The van der Waals surface area contributed by atoms with Crippen molar-refractivity contribution in [2.24, 2.45) is 0 Å². The van der Waals surface area contributed by atoms with E-state index in [4.69, 9.17) is 11.6 Å². The first-order valence-electron chi connectivity index (χ1n) is 3.88. The Hall–Kier alpha value is -0.150. The normalized spacial score (nSPS) is 11.4. The molecule has 1 amide bonds. The van der Waals surface area contributed by atoms with Gasteiger partial charge in [-0.1, -0.05) is 24.9 Å². The molecule has 0 atom stereocenters. The highest BCUT2D eigenvalue weighted by molar-refractivity contribution is 8.03. The average molecular weight is 208 g/mol. The Morgan fingerprint density at radius 2 is 2.33 bits per heavy atom. The van der Waals surface area contributed by atoms with E-state index < -0.39 is 0 Å². The summed E-state index contributed by atoms with van der Waals surface area (Å²) in [5.74, 6) is -0.0778. The molecule has 12 heavy (non-hydrogen) atoms. The molecule has 0 fully saturated rings. The summed E-state index contributed by atoms with van der Waals surface area (Å²) < 4.78 is 0. The van der Waals surface area contributed by atoms with Crippen LogP contribution in [-0.2, 0) is 4.79 Å². The third-order valence-corrected chi connectivity index (χ3v) is 2.45. The summed E-state index contributed by atoms with van der Waals surface area (Å²) in [5.41, 5.74) is 1.31. The number of halogens is 1. The molecule has 0 radical (unpaired) electrons. The minimum Gasteiger partial charge on any atom is -0.352 e. The van der Waals surface area contributed by atoms with Gasteiger partial charge in [0.15, 0.2) is 0 Å². The predicted molar refractivity (Wildman–Crippen MR) is 55.4 cm³/mol. The van der Waals surface area contributed by atoms with Crippen molar-refractivity contribution in [2.75, 3.05) is 12.8 Å². The number of nitrogens with one attached hydrogen (secondary N) is 1. The fourth-order valence-electron chi connectivity index (χ4n) is 0.653. The van der Waals surface area contributed by atoms with Crippen molar-refractivity contribution in [1.82, 2.24) is 5.32 Å². The second-order valence-electron chi connectivity index (χ2n) is 2.29. The molecule has 4 heteroatoms. The van der Waals surface area contributed by atoms with Gasteiger partial charge in [-0.25, -0.2) is 0 Å². The summed E-state index contributed by atoms with van der Waals surface area (Å²) in [4.78, 5) is 11.8. The van der Waals surface area contributed by atoms with Gasteiger partial charge < -0.3 is 5.32 Å². The number of thioether (sulfide) groups is 1. The molecule has 70 valence electrons. The maximum atomic E-state index is 11.2. The molecule has 0 aliphatic rings. The van der Waals surface area contributed by atoms with E-state index in [-0.39, 0.29) is 5.91 Å². The third-order valence-electron chi connectivity index (χ3n) is 1.36. The zero-order chi connectivity index (χ0) is 9.40. The summed E-state index contributed by atoms with van der Waals surface area (Å²) >= 11 is 6.78. The quantitative estimate of drug-likeness (QED) is 0.554. The number of carbonyl (C=O) groups is 1. The Bertz CT molecular complexity index is 170. The smallest absolute Gasteiger partial charge is 0.258 e. The van der Waals surface area contributed by atoms with Crippen LogP contribution in [0.15, 0.2) is 10.4 Å². The van der Waals surface area contributed by atoms with Gasteiger partial charge in [-0.2, -0.15) is 0 Å². The standard InChI is InChI=1S/C8H14ClNOS/c1-3-4-5-10-8(11)7(6-9)12-2/h6H,3-5H2,1-2H3,(H,10,11)/b7-6-. The minimum absolute atomic E-state index is 0.0778. The molecule has 2 nitrogen and oxygen atoms in total. The molecule has 0 saturated heterocycles. The average Bonchev–Trinajstić information content (AvgIpc) is 2.07. The Morgan fingerprint density at radius 1 is 1.67 bits per heavy atom. The van der Waals surface area contributed by atoms with Crippen molar-refractivity contribution in [1.29, 1.82) is 0 Å². The summed E-state index contributed by atoms with van der Waals surface area (Å²) in [7, 11) is 0. The first-order chi connectivity index (χ1) is 5.76. The van der Waals surface area contributed by atoms with Gasteiger partial charge in [0.25, 0.3) is 5.91 Å². The first kappa shape index (κ1) is 11.8. The molecule has 0 aromatic heterocycles. The lowest BCUT2D eigenvalue weighted by atomic mass is 10.3. The van der Waals surface area contributed by atoms with Gasteiger partial charge in [-0.05, 0) is 12.7 Å². The van der Waals surface area contributed by atoms with E-state index in [2.05, 4.69) is 12.2 Å². The summed E-state index contributed by atoms with van der Waals surface area (Å²) in [5, 5.41) is 2.77. The van der Waals surface area contributed by atoms with Crippen LogP contribution >= 0.6 is 23.4 Å². The van der Waals surface area contributed by atoms with E-state index in [9.17, 15) is 4.79 Å². The second kappa shape index (κ2) is 7.50. The Kier molecular flexibility index (Phi) is 7.40. The number of amides is 1. The lowest BCUT2D eigenvalue weighted by Crippen LogP contribution is -2.24. The third kappa shape index (κ3) is 4.67. The van der Waals surface area contributed by atoms with Gasteiger partial charge in [0, 0.05) is 12.1 Å². The van der Waals surface area contributed by atoms with Crippen LogP contribution in [0.3, 0.4) is 0 Å². The summed E-state index contributed by atoms with van der Waals surface area (Å²) in [6, 6.07) is 0. The molecule has 0 spiro atoms. The van der Waals surface area contributed by atoms with Crippen LogP contribution in [0.4, 0.5) is 0 Å². The Balaban J connectivity index is 3.71. The number of unbranched alkanes of at least 4 members (excludes halogenated alkanes) is 1. The highest BCUT2D eigenvalue weighted by Crippen LogP contribution is 2.12. The summed E-state index contributed by atoms with van der Waals surface area (Å²) in [6.07, 6.45) is 3.92. The second-order valence-corrected chi connectivity index (χ2v) is 3.35. The van der Waals surface area contributed by atoms with Crippen LogP contribution in [0.5, 0.6) is 0 Å². The molecule has 0 rings (SSSR count). The van der Waals surface area contributed by atoms with Crippen molar-refractivity contribution in [3.8, 4) is 0 Å². The van der Waals surface area contributed by atoms with Crippen LogP contribution in [0.25, 0.3) is 0 Å². The maximum absolute atomic E-state index is 11.2. The van der Waals surface area contributed by atoms with Gasteiger partial charge in [-0.3, -0.25) is 4.79 Å². The zero-order valence-corrected chi connectivity index (χ0v) is 8.97. The highest BCUT2D eigenvalue weighted by atomic mass is 35.5. The van der Waals surface area contributed by atoms with Crippen LogP contribution in [0.1, 0.15) is 19.8 Å². The van der Waals surface area contributed by atoms with E-state index in [1.807, 2.05) is 6.26 Å². The molecule has 0 heterocycles. The van der Waals surface area contributed by atoms with E-state index >= 15 is 0 Å². The maximum Gasteiger partial charge on any atom is 0.258 e. The SMILES string of the molecule is CCCCNC(=O)/C(=C/Cl)SC. The largest absolute Gasteiger partial charge is 0.352 e. The van der Waals surface area contributed by atoms with Crippen LogP contribution in [-0.4, -0.2) is 18.7 Å². The van der Waals surface area contributed by atoms with Crippen molar-refractivity contribution in [3.63, 3.8) is 0 Å². The van der Waals surface area contributed by atoms with Gasteiger partial charge in [-0.15, -0.1) is 11.8 Å². The van der Waals surface area contributed by atoms with Gasteiger partial charge in [0.1, 0.15) is 0 Å².